The number of rotatable bonds is 6. The molecule has 1 aliphatic rings. The molecule has 1 aromatic rings. The fourth-order valence-electron chi connectivity index (χ4n) is 2.15. The largest absolute Gasteiger partial charge is 1.00 e. The van der Waals surface area contributed by atoms with E-state index >= 15 is 0 Å². The van der Waals surface area contributed by atoms with E-state index in [9.17, 15) is 12.9 Å². The summed E-state index contributed by atoms with van der Waals surface area (Å²) in [6.45, 7) is -1.48. The van der Waals surface area contributed by atoms with E-state index < -0.39 is 12.4 Å². The summed E-state index contributed by atoms with van der Waals surface area (Å²) in [5.74, 6) is 0.0290. The third-order valence-electron chi connectivity index (χ3n) is 3.34. The Labute approximate surface area is 170 Å². The summed E-state index contributed by atoms with van der Waals surface area (Å²) >= 11 is 0. The molecule has 0 atom stereocenters. The average molecular weight is 343 g/mol. The Bertz CT molecular complexity index is 470. The minimum Gasteiger partial charge on any atom is -0.497 e. The molecule has 0 N–H and O–H groups in total. The summed E-state index contributed by atoms with van der Waals surface area (Å²) in [6.07, 6.45) is 0. The van der Waals surface area contributed by atoms with Gasteiger partial charge in [-0.15, -0.1) is 0 Å². The predicted molar refractivity (Wildman–Crippen MR) is 74.5 cm³/mol. The molecule has 0 amide bonds. The minimum atomic E-state index is -5.14. The van der Waals surface area contributed by atoms with Crippen molar-refractivity contribution in [3.63, 3.8) is 0 Å². The number of morpholine rings is 1. The van der Waals surface area contributed by atoms with E-state index in [1.165, 1.54) is 19.2 Å². The van der Waals surface area contributed by atoms with Crippen molar-refractivity contribution in [3.05, 3.63) is 18.2 Å². The van der Waals surface area contributed by atoms with Crippen molar-refractivity contribution in [2.75, 3.05) is 46.6 Å². The Morgan fingerprint density at radius 1 is 1.23 bits per heavy atom. The molecule has 0 aromatic heterocycles. The van der Waals surface area contributed by atoms with E-state index in [0.29, 0.717) is 19.8 Å². The van der Waals surface area contributed by atoms with Crippen molar-refractivity contribution in [2.24, 2.45) is 0 Å². The number of nitrogens with zero attached hydrogens (tertiary/aromatic N) is 1. The van der Waals surface area contributed by atoms with Crippen molar-refractivity contribution in [1.82, 2.24) is 4.90 Å². The maximum absolute atomic E-state index is 13.0. The van der Waals surface area contributed by atoms with Crippen LogP contribution in [0.25, 0.3) is 0 Å². The molecule has 1 aromatic carbocycles. The van der Waals surface area contributed by atoms with Crippen LogP contribution in [0, 0.1) is 0 Å². The number of methoxy groups -OCH3 is 1. The maximum Gasteiger partial charge on any atom is 1.00 e. The zero-order valence-corrected chi connectivity index (χ0v) is 16.0. The molecule has 0 spiro atoms. The van der Waals surface area contributed by atoms with E-state index in [4.69, 9.17) is 14.2 Å². The predicted octanol–water partition coefficient (Wildman–Crippen LogP) is -1.54. The summed E-state index contributed by atoms with van der Waals surface area (Å²) < 4.78 is 54.5. The Balaban J connectivity index is 0.00000242. The van der Waals surface area contributed by atoms with Gasteiger partial charge in [-0.2, -0.15) is 0 Å². The molecule has 4 nitrogen and oxygen atoms in total. The van der Waals surface area contributed by atoms with Crippen molar-refractivity contribution in [3.8, 4) is 11.5 Å². The molecular weight excluding hydrogens is 325 g/mol. The van der Waals surface area contributed by atoms with Crippen LogP contribution in [0.4, 0.5) is 12.9 Å². The molecule has 0 unspecified atom stereocenters. The van der Waals surface area contributed by atoms with Crippen LogP contribution >= 0.6 is 0 Å². The Kier molecular flexibility index (Phi) is 8.76. The quantitative estimate of drug-likeness (QED) is 0.587. The number of hydrogen-bond acceptors (Lipinski definition) is 4. The van der Waals surface area contributed by atoms with Crippen LogP contribution in [-0.4, -0.2) is 58.4 Å². The van der Waals surface area contributed by atoms with Crippen LogP contribution in [0.15, 0.2) is 18.2 Å². The summed E-state index contributed by atoms with van der Waals surface area (Å²) in [5, 5.41) is 0. The van der Waals surface area contributed by atoms with Gasteiger partial charge in [-0.05, 0) is 18.2 Å². The SMILES string of the molecule is COc1ccc(OCCN2CCOCC2)c([B-](F)(F)F)c1.[K+]. The van der Waals surface area contributed by atoms with Crippen molar-refractivity contribution < 1.29 is 78.5 Å². The van der Waals surface area contributed by atoms with E-state index in [-0.39, 0.29) is 69.5 Å². The average Bonchev–Trinajstić information content (AvgIpc) is 2.47. The second-order valence-electron chi connectivity index (χ2n) is 4.78. The molecule has 22 heavy (non-hydrogen) atoms. The monoisotopic (exact) mass is 343 g/mol. The molecule has 1 fully saturated rings. The van der Waals surface area contributed by atoms with Crippen molar-refractivity contribution in [2.45, 2.75) is 0 Å². The van der Waals surface area contributed by atoms with Crippen LogP contribution < -0.4 is 66.3 Å². The van der Waals surface area contributed by atoms with Gasteiger partial charge in [0.2, 0.25) is 0 Å². The summed E-state index contributed by atoms with van der Waals surface area (Å²) in [6, 6.07) is 3.75. The fourth-order valence-corrected chi connectivity index (χ4v) is 2.15. The molecule has 1 heterocycles. The van der Waals surface area contributed by atoms with Gasteiger partial charge in [0.05, 0.1) is 26.1 Å². The molecule has 0 radical (unpaired) electrons. The van der Waals surface area contributed by atoms with Gasteiger partial charge in [-0.25, -0.2) is 0 Å². The van der Waals surface area contributed by atoms with Crippen molar-refractivity contribution in [1.29, 1.82) is 0 Å². The maximum atomic E-state index is 13.0. The van der Waals surface area contributed by atoms with Crippen LogP contribution in [0.1, 0.15) is 0 Å². The van der Waals surface area contributed by atoms with Gasteiger partial charge in [0.15, 0.2) is 0 Å². The number of hydrogen-bond donors (Lipinski definition) is 0. The van der Waals surface area contributed by atoms with Gasteiger partial charge < -0.3 is 27.2 Å². The second kappa shape index (κ2) is 9.51. The van der Waals surface area contributed by atoms with E-state index in [1.54, 1.807) is 0 Å². The molecule has 118 valence electrons. The second-order valence-corrected chi connectivity index (χ2v) is 4.78. The number of ether oxygens (including phenoxy) is 3. The smallest absolute Gasteiger partial charge is 0.497 e. The van der Waals surface area contributed by atoms with Gasteiger partial charge in [0, 0.05) is 19.6 Å². The zero-order chi connectivity index (χ0) is 15.3. The van der Waals surface area contributed by atoms with Crippen LogP contribution in [-0.2, 0) is 4.74 Å². The summed E-state index contributed by atoms with van der Waals surface area (Å²) in [7, 11) is 1.33. The summed E-state index contributed by atoms with van der Waals surface area (Å²) in [4.78, 5) is 2.10. The first-order valence-corrected chi connectivity index (χ1v) is 6.81. The molecular formula is C13H18BF3KNO3. The first-order valence-electron chi connectivity index (χ1n) is 6.81. The molecule has 0 bridgehead atoms. The van der Waals surface area contributed by atoms with E-state index in [1.807, 2.05) is 0 Å². The first kappa shape index (κ1) is 20.3. The normalized spacial score (nSPS) is 16.0. The van der Waals surface area contributed by atoms with Crippen molar-refractivity contribution >= 4 is 12.4 Å². The molecule has 1 saturated heterocycles. The third-order valence-corrected chi connectivity index (χ3v) is 3.34. The van der Waals surface area contributed by atoms with Gasteiger partial charge in [0.1, 0.15) is 12.4 Å². The van der Waals surface area contributed by atoms with Gasteiger partial charge in [-0.3, -0.25) is 4.90 Å². The van der Waals surface area contributed by atoms with E-state index in [2.05, 4.69) is 4.90 Å². The third kappa shape index (κ3) is 6.03. The van der Waals surface area contributed by atoms with Gasteiger partial charge >= 0.3 is 58.4 Å². The first-order chi connectivity index (χ1) is 10.0. The molecule has 0 saturated carbocycles. The molecule has 2 rings (SSSR count). The van der Waals surface area contributed by atoms with Crippen LogP contribution in [0.3, 0.4) is 0 Å². The molecule has 0 aliphatic carbocycles. The topological polar surface area (TPSA) is 30.9 Å². The van der Waals surface area contributed by atoms with Gasteiger partial charge in [-0.1, -0.05) is 5.46 Å². The van der Waals surface area contributed by atoms with Crippen LogP contribution in [0.2, 0.25) is 0 Å². The summed E-state index contributed by atoms with van der Waals surface area (Å²) in [5.41, 5.74) is -0.753. The Morgan fingerprint density at radius 2 is 1.91 bits per heavy atom. The minimum absolute atomic E-state index is 0. The molecule has 9 heteroatoms. The fraction of sp³-hybridized carbons (Fsp3) is 0.538. The molecule has 1 aliphatic heterocycles. The number of halogens is 3. The van der Waals surface area contributed by atoms with E-state index in [0.717, 1.165) is 19.2 Å². The Morgan fingerprint density at radius 3 is 2.50 bits per heavy atom. The van der Waals surface area contributed by atoms with Gasteiger partial charge in [0.25, 0.3) is 0 Å². The standard InChI is InChI=1S/C13H18BF3NO3.K/c1-19-11-2-3-13(12(10-11)14(15,16)17)21-9-6-18-4-7-20-8-5-18;/h2-3,10H,4-9H2,1H3;/q-1;+1. The zero-order valence-electron chi connectivity index (χ0n) is 12.9. The Hall–Kier alpha value is 0.231. The van der Waals surface area contributed by atoms with Crippen LogP contribution in [0.5, 0.6) is 11.5 Å². The number of benzene rings is 1.